The Morgan fingerprint density at radius 2 is 1.78 bits per heavy atom. The molecule has 0 bridgehead atoms. The van der Waals surface area contributed by atoms with Crippen LogP contribution in [0.2, 0.25) is 0 Å². The first kappa shape index (κ1) is 20.4. The molecule has 164 valence electrons. The van der Waals surface area contributed by atoms with Crippen molar-refractivity contribution in [2.75, 3.05) is 13.1 Å². The molecule has 2 aliphatic rings. The van der Waals surface area contributed by atoms with Gasteiger partial charge in [0.2, 0.25) is 0 Å². The molecule has 6 nitrogen and oxygen atoms in total. The maximum Gasteiger partial charge on any atom is 0.272 e. The van der Waals surface area contributed by atoms with Crippen LogP contribution in [-0.2, 0) is 19.4 Å². The van der Waals surface area contributed by atoms with Crippen molar-refractivity contribution in [1.29, 1.82) is 0 Å². The Balaban J connectivity index is 1.32. The Morgan fingerprint density at radius 3 is 2.56 bits per heavy atom. The van der Waals surface area contributed by atoms with Crippen LogP contribution in [0.1, 0.15) is 56.9 Å². The molecule has 1 aromatic heterocycles. The van der Waals surface area contributed by atoms with E-state index in [9.17, 15) is 14.0 Å². The Morgan fingerprint density at radius 1 is 1.00 bits per heavy atom. The lowest BCUT2D eigenvalue weighted by Gasteiger charge is -2.15. The lowest BCUT2D eigenvalue weighted by atomic mass is 10.1. The summed E-state index contributed by atoms with van der Waals surface area (Å²) in [5.74, 6) is -0.493. The van der Waals surface area contributed by atoms with Crippen LogP contribution < -0.4 is 5.32 Å². The van der Waals surface area contributed by atoms with Gasteiger partial charge in [0, 0.05) is 36.5 Å². The Labute approximate surface area is 186 Å². The topological polar surface area (TPSA) is 67.2 Å². The van der Waals surface area contributed by atoms with Crippen molar-refractivity contribution in [1.82, 2.24) is 20.0 Å². The molecule has 2 amide bonds. The average Bonchev–Trinajstić information content (AvgIpc) is 3.56. The Hall–Kier alpha value is -3.48. The molecule has 7 heteroatoms. The van der Waals surface area contributed by atoms with E-state index in [-0.39, 0.29) is 17.6 Å². The van der Waals surface area contributed by atoms with E-state index < -0.39 is 0 Å². The van der Waals surface area contributed by atoms with Gasteiger partial charge in [0.05, 0.1) is 5.69 Å². The SMILES string of the molecule is O=C(NCc1cccc(C(=O)N2CCCC2)c1)c1nn(-c2ccc(F)cc2)c2c1CCC2. The molecule has 0 saturated carbocycles. The van der Waals surface area contributed by atoms with E-state index in [4.69, 9.17) is 0 Å². The number of amides is 2. The lowest BCUT2D eigenvalue weighted by molar-refractivity contribution is 0.0792. The number of likely N-dealkylation sites (tertiary alicyclic amines) is 1. The average molecular weight is 432 g/mol. The van der Waals surface area contributed by atoms with Gasteiger partial charge in [0.1, 0.15) is 5.82 Å². The molecule has 0 spiro atoms. The van der Waals surface area contributed by atoms with Crippen molar-refractivity contribution in [3.05, 3.63) is 82.4 Å². The molecule has 1 fully saturated rings. The minimum Gasteiger partial charge on any atom is -0.347 e. The number of nitrogens with one attached hydrogen (secondary N) is 1. The van der Waals surface area contributed by atoms with E-state index in [1.807, 2.05) is 29.2 Å². The number of halogens is 1. The molecule has 0 atom stereocenters. The van der Waals surface area contributed by atoms with Gasteiger partial charge < -0.3 is 10.2 Å². The van der Waals surface area contributed by atoms with Gasteiger partial charge in [-0.25, -0.2) is 9.07 Å². The van der Waals surface area contributed by atoms with Gasteiger partial charge in [0.15, 0.2) is 5.69 Å². The number of fused-ring (bicyclic) bond motifs is 1. The molecule has 3 aromatic rings. The number of rotatable bonds is 5. The Kier molecular flexibility index (Phi) is 5.47. The van der Waals surface area contributed by atoms with Gasteiger partial charge in [-0.05, 0) is 74.1 Å². The molecule has 1 saturated heterocycles. The van der Waals surface area contributed by atoms with Crippen molar-refractivity contribution < 1.29 is 14.0 Å². The summed E-state index contributed by atoms with van der Waals surface area (Å²) in [4.78, 5) is 27.5. The maximum absolute atomic E-state index is 13.3. The van der Waals surface area contributed by atoms with Crippen LogP contribution in [0.25, 0.3) is 5.69 Å². The first-order valence-electron chi connectivity index (χ1n) is 11.1. The standard InChI is InChI=1S/C25H25FN4O2/c26-19-9-11-20(12-10-19)30-22-8-4-7-21(22)23(28-30)24(31)27-16-17-5-3-6-18(15-17)25(32)29-13-1-2-14-29/h3,5-6,9-12,15H,1-2,4,7-8,13-14,16H2,(H,27,31). The van der Waals surface area contributed by atoms with Gasteiger partial charge in [0.25, 0.3) is 11.8 Å². The zero-order valence-corrected chi connectivity index (χ0v) is 17.8. The second-order valence-electron chi connectivity index (χ2n) is 8.40. The second kappa shape index (κ2) is 8.57. The smallest absolute Gasteiger partial charge is 0.272 e. The number of hydrogen-bond acceptors (Lipinski definition) is 3. The first-order chi connectivity index (χ1) is 15.6. The van der Waals surface area contributed by atoms with Crippen molar-refractivity contribution in [2.45, 2.75) is 38.6 Å². The van der Waals surface area contributed by atoms with Crippen molar-refractivity contribution >= 4 is 11.8 Å². The molecular formula is C25H25FN4O2. The van der Waals surface area contributed by atoms with E-state index in [0.29, 0.717) is 17.8 Å². The van der Waals surface area contributed by atoms with Crippen LogP contribution >= 0.6 is 0 Å². The zero-order chi connectivity index (χ0) is 22.1. The summed E-state index contributed by atoms with van der Waals surface area (Å²) in [6.07, 6.45) is 4.72. The highest BCUT2D eigenvalue weighted by Gasteiger charge is 2.27. The highest BCUT2D eigenvalue weighted by molar-refractivity contribution is 5.95. The number of carbonyl (C=O) groups is 2. The summed E-state index contributed by atoms with van der Waals surface area (Å²) in [7, 11) is 0. The van der Waals surface area contributed by atoms with E-state index in [1.165, 1.54) is 12.1 Å². The summed E-state index contributed by atoms with van der Waals surface area (Å²) in [5.41, 5.74) is 4.67. The molecule has 1 aliphatic heterocycles. The van der Waals surface area contributed by atoms with Crippen molar-refractivity contribution in [3.8, 4) is 5.69 Å². The first-order valence-corrected chi connectivity index (χ1v) is 11.1. The second-order valence-corrected chi connectivity index (χ2v) is 8.40. The third-order valence-electron chi connectivity index (χ3n) is 6.24. The molecule has 2 aromatic carbocycles. The molecule has 0 radical (unpaired) electrons. The highest BCUT2D eigenvalue weighted by atomic mass is 19.1. The molecule has 32 heavy (non-hydrogen) atoms. The monoisotopic (exact) mass is 432 g/mol. The van der Waals surface area contributed by atoms with Gasteiger partial charge in [-0.3, -0.25) is 9.59 Å². The van der Waals surface area contributed by atoms with Crippen LogP contribution in [0.15, 0.2) is 48.5 Å². The van der Waals surface area contributed by atoms with Crippen LogP contribution in [0.5, 0.6) is 0 Å². The fraction of sp³-hybridized carbons (Fsp3) is 0.320. The van der Waals surface area contributed by atoms with Crippen LogP contribution in [0.3, 0.4) is 0 Å². The summed E-state index contributed by atoms with van der Waals surface area (Å²) >= 11 is 0. The van der Waals surface area contributed by atoms with Crippen molar-refractivity contribution in [3.63, 3.8) is 0 Å². The van der Waals surface area contributed by atoms with Gasteiger partial charge in [-0.2, -0.15) is 5.10 Å². The lowest BCUT2D eigenvalue weighted by Crippen LogP contribution is -2.28. The van der Waals surface area contributed by atoms with Gasteiger partial charge in [-0.1, -0.05) is 12.1 Å². The molecule has 1 aliphatic carbocycles. The van der Waals surface area contributed by atoms with Gasteiger partial charge >= 0.3 is 0 Å². The molecule has 0 unspecified atom stereocenters. The maximum atomic E-state index is 13.3. The minimum atomic E-state index is -0.305. The number of nitrogens with zero attached hydrogens (tertiary/aromatic N) is 3. The largest absolute Gasteiger partial charge is 0.347 e. The number of hydrogen-bond donors (Lipinski definition) is 1. The molecule has 1 N–H and O–H groups in total. The number of benzene rings is 2. The van der Waals surface area contributed by atoms with E-state index >= 15 is 0 Å². The highest BCUT2D eigenvalue weighted by Crippen LogP contribution is 2.28. The quantitative estimate of drug-likeness (QED) is 0.669. The van der Waals surface area contributed by atoms with Crippen molar-refractivity contribution in [2.24, 2.45) is 0 Å². The molecule has 2 heterocycles. The molecule has 5 rings (SSSR count). The zero-order valence-electron chi connectivity index (χ0n) is 17.8. The Bertz CT molecular complexity index is 1160. The number of carbonyl (C=O) groups excluding carboxylic acids is 2. The predicted octanol–water partition coefficient (Wildman–Crippen LogP) is 3.67. The summed E-state index contributed by atoms with van der Waals surface area (Å²) < 4.78 is 15.1. The summed E-state index contributed by atoms with van der Waals surface area (Å²) in [5, 5.41) is 7.52. The fourth-order valence-corrected chi connectivity index (χ4v) is 4.60. The van der Waals surface area contributed by atoms with Crippen LogP contribution in [0.4, 0.5) is 4.39 Å². The minimum absolute atomic E-state index is 0.0477. The fourth-order valence-electron chi connectivity index (χ4n) is 4.60. The third-order valence-corrected chi connectivity index (χ3v) is 6.24. The van der Waals surface area contributed by atoms with Gasteiger partial charge in [-0.15, -0.1) is 0 Å². The number of aromatic nitrogens is 2. The van der Waals surface area contributed by atoms with Crippen LogP contribution in [-0.4, -0.2) is 39.6 Å². The summed E-state index contributed by atoms with van der Waals surface area (Å²) in [6.45, 7) is 1.93. The van der Waals surface area contributed by atoms with Crippen LogP contribution in [0, 0.1) is 5.82 Å². The third kappa shape index (κ3) is 3.90. The normalized spacial score (nSPS) is 15.1. The van der Waals surface area contributed by atoms with E-state index in [0.717, 1.165) is 67.7 Å². The predicted molar refractivity (Wildman–Crippen MR) is 118 cm³/mol. The molecular weight excluding hydrogens is 407 g/mol. The van der Waals surface area contributed by atoms with E-state index in [1.54, 1.807) is 16.8 Å². The summed E-state index contributed by atoms with van der Waals surface area (Å²) in [6, 6.07) is 13.6. The van der Waals surface area contributed by atoms with E-state index in [2.05, 4.69) is 10.4 Å².